The van der Waals surface area contributed by atoms with Gasteiger partial charge in [0.2, 0.25) is 0 Å². The summed E-state index contributed by atoms with van der Waals surface area (Å²) in [6.45, 7) is -0.533. The highest BCUT2D eigenvalue weighted by molar-refractivity contribution is 5.93. The van der Waals surface area contributed by atoms with Gasteiger partial charge in [-0.1, -0.05) is 29.5 Å². The molecule has 0 fully saturated rings. The summed E-state index contributed by atoms with van der Waals surface area (Å²) < 4.78 is 59.4. The van der Waals surface area contributed by atoms with Gasteiger partial charge >= 0.3 is 11.8 Å². The number of halogens is 4. The monoisotopic (exact) mass is 447 g/mol. The first-order chi connectivity index (χ1) is 15.2. The molecule has 4 aromatic rings. The lowest BCUT2D eigenvalue weighted by Crippen LogP contribution is -2.22. The minimum atomic E-state index is -4.55. The van der Waals surface area contributed by atoms with E-state index in [2.05, 4.69) is 10.3 Å². The van der Waals surface area contributed by atoms with Crippen LogP contribution in [0.4, 0.5) is 17.6 Å². The number of fused-ring (bicyclic) bond motifs is 1. The highest BCUT2D eigenvalue weighted by Gasteiger charge is 2.42. The standard InChI is InChI=1S/C22H17F4N3O3/c23-15-4-2-14(3-5-15)17-10-21(31)32-20-9-13(1-6-16(17)20)11-29-12-19(27-28-29)18(7-8-30)22(24,25)26/h1-6,9-10,12,18,30H,7-8,11H2. The van der Waals surface area contributed by atoms with E-state index in [0.717, 1.165) is 0 Å². The molecular formula is C22H17F4N3O3. The number of hydrogen-bond acceptors (Lipinski definition) is 5. The summed E-state index contributed by atoms with van der Waals surface area (Å²) in [5.41, 5.74) is 1.25. The van der Waals surface area contributed by atoms with Gasteiger partial charge in [-0.05, 0) is 41.3 Å². The van der Waals surface area contributed by atoms with Crippen LogP contribution in [0.5, 0.6) is 0 Å². The molecule has 166 valence electrons. The van der Waals surface area contributed by atoms with Crippen LogP contribution >= 0.6 is 0 Å². The lowest BCUT2D eigenvalue weighted by molar-refractivity contribution is -0.154. The smallest absolute Gasteiger partial charge is 0.397 e. The summed E-state index contributed by atoms with van der Waals surface area (Å²) in [4.78, 5) is 12.1. The van der Waals surface area contributed by atoms with Crippen LogP contribution in [0.2, 0.25) is 0 Å². The molecule has 0 aliphatic heterocycles. The lowest BCUT2D eigenvalue weighted by Gasteiger charge is -2.16. The molecule has 0 saturated heterocycles. The van der Waals surface area contributed by atoms with Crippen molar-refractivity contribution in [2.24, 2.45) is 0 Å². The molecule has 0 aliphatic carbocycles. The topological polar surface area (TPSA) is 81.2 Å². The maximum Gasteiger partial charge on any atom is 0.397 e. The Bertz CT molecular complexity index is 1300. The van der Waals surface area contributed by atoms with Crippen molar-refractivity contribution in [3.63, 3.8) is 0 Å². The maximum atomic E-state index is 13.2. The highest BCUT2D eigenvalue weighted by Crippen LogP contribution is 2.36. The number of aliphatic hydroxyl groups is 1. The average molecular weight is 447 g/mol. The van der Waals surface area contributed by atoms with Crippen LogP contribution in [0.3, 0.4) is 0 Å². The van der Waals surface area contributed by atoms with Gasteiger partial charge in [0.25, 0.3) is 0 Å². The molecule has 1 unspecified atom stereocenters. The van der Waals surface area contributed by atoms with Crippen molar-refractivity contribution in [1.29, 1.82) is 0 Å². The summed E-state index contributed by atoms with van der Waals surface area (Å²) in [6, 6.07) is 12.0. The van der Waals surface area contributed by atoms with Crippen molar-refractivity contribution in [3.8, 4) is 11.1 Å². The summed E-state index contributed by atoms with van der Waals surface area (Å²) in [6.07, 6.45) is -3.87. The van der Waals surface area contributed by atoms with Crippen molar-refractivity contribution in [3.05, 3.63) is 82.2 Å². The summed E-state index contributed by atoms with van der Waals surface area (Å²) in [5, 5.41) is 16.9. The molecule has 0 radical (unpaired) electrons. The molecule has 10 heteroatoms. The second-order valence-corrected chi connectivity index (χ2v) is 7.26. The quantitative estimate of drug-likeness (QED) is 0.353. The molecule has 1 N–H and O–H groups in total. The molecule has 32 heavy (non-hydrogen) atoms. The SMILES string of the molecule is O=c1cc(-c2ccc(F)cc2)c2ccc(Cn3cc(C(CCO)C(F)(F)F)nn3)cc2o1. The predicted molar refractivity (Wildman–Crippen MR) is 108 cm³/mol. The molecular weight excluding hydrogens is 430 g/mol. The molecule has 0 saturated carbocycles. The van der Waals surface area contributed by atoms with Crippen molar-refractivity contribution >= 4 is 11.0 Å². The largest absolute Gasteiger partial charge is 0.423 e. The number of hydrogen-bond donors (Lipinski definition) is 1. The minimum Gasteiger partial charge on any atom is -0.423 e. The molecule has 4 rings (SSSR count). The second-order valence-electron chi connectivity index (χ2n) is 7.26. The Morgan fingerprint density at radius 3 is 2.53 bits per heavy atom. The van der Waals surface area contributed by atoms with E-state index in [9.17, 15) is 22.4 Å². The Balaban J connectivity index is 1.65. The van der Waals surface area contributed by atoms with Gasteiger partial charge in [0.05, 0.1) is 12.2 Å². The third-order valence-corrected chi connectivity index (χ3v) is 5.04. The average Bonchev–Trinajstić information content (AvgIpc) is 3.18. The molecule has 0 amide bonds. The zero-order valence-corrected chi connectivity index (χ0v) is 16.5. The molecule has 0 bridgehead atoms. The highest BCUT2D eigenvalue weighted by atomic mass is 19.4. The first-order valence-electron chi connectivity index (χ1n) is 9.65. The van der Waals surface area contributed by atoms with Gasteiger partial charge in [-0.25, -0.2) is 13.9 Å². The fourth-order valence-corrected chi connectivity index (χ4v) is 3.52. The van der Waals surface area contributed by atoms with E-state index in [-0.39, 0.29) is 17.8 Å². The van der Waals surface area contributed by atoms with Gasteiger partial charge in [0, 0.05) is 24.3 Å². The van der Waals surface area contributed by atoms with Crippen LogP contribution in [-0.4, -0.2) is 32.9 Å². The van der Waals surface area contributed by atoms with Gasteiger partial charge in [0.15, 0.2) is 0 Å². The normalized spacial score (nSPS) is 12.9. The van der Waals surface area contributed by atoms with Crippen molar-refractivity contribution in [2.45, 2.75) is 25.1 Å². The number of aliphatic hydroxyl groups excluding tert-OH is 1. The molecule has 0 aliphatic rings. The van der Waals surface area contributed by atoms with E-state index in [1.54, 1.807) is 30.3 Å². The summed E-state index contributed by atoms with van der Waals surface area (Å²) in [5.74, 6) is -2.31. The Kier molecular flexibility index (Phi) is 5.79. The zero-order chi connectivity index (χ0) is 22.9. The van der Waals surface area contributed by atoms with E-state index in [1.165, 1.54) is 29.1 Å². The second kappa shape index (κ2) is 8.54. The minimum absolute atomic E-state index is 0.0944. The third-order valence-electron chi connectivity index (χ3n) is 5.04. The lowest BCUT2D eigenvalue weighted by atomic mass is 10.0. The molecule has 0 spiro atoms. The van der Waals surface area contributed by atoms with Gasteiger partial charge in [-0.15, -0.1) is 5.10 Å². The van der Waals surface area contributed by atoms with E-state index in [0.29, 0.717) is 22.1 Å². The fourth-order valence-electron chi connectivity index (χ4n) is 3.52. The zero-order valence-electron chi connectivity index (χ0n) is 16.5. The number of aromatic nitrogens is 3. The van der Waals surface area contributed by atoms with Crippen LogP contribution in [0.1, 0.15) is 23.6 Å². The van der Waals surface area contributed by atoms with Crippen LogP contribution in [-0.2, 0) is 6.54 Å². The number of rotatable bonds is 6. The van der Waals surface area contributed by atoms with E-state index in [4.69, 9.17) is 9.52 Å². The van der Waals surface area contributed by atoms with E-state index >= 15 is 0 Å². The first-order valence-corrected chi connectivity index (χ1v) is 9.65. The molecule has 2 aromatic carbocycles. The maximum absolute atomic E-state index is 13.2. The van der Waals surface area contributed by atoms with E-state index in [1.807, 2.05) is 0 Å². The van der Waals surface area contributed by atoms with Gasteiger partial charge < -0.3 is 9.52 Å². The van der Waals surface area contributed by atoms with E-state index < -0.39 is 36.6 Å². The van der Waals surface area contributed by atoms with Crippen molar-refractivity contribution in [1.82, 2.24) is 15.0 Å². The Morgan fingerprint density at radius 2 is 1.84 bits per heavy atom. The Labute approximate surface area is 178 Å². The predicted octanol–water partition coefficient (Wildman–Crippen LogP) is 4.27. The van der Waals surface area contributed by atoms with Gasteiger partial charge in [-0.3, -0.25) is 0 Å². The Morgan fingerprint density at radius 1 is 1.09 bits per heavy atom. The van der Waals surface area contributed by atoms with Crippen molar-refractivity contribution < 1.29 is 27.1 Å². The van der Waals surface area contributed by atoms with Crippen LogP contribution in [0.15, 0.2) is 63.9 Å². The molecule has 2 heterocycles. The van der Waals surface area contributed by atoms with Crippen LogP contribution in [0, 0.1) is 5.82 Å². The van der Waals surface area contributed by atoms with Crippen LogP contribution < -0.4 is 5.63 Å². The van der Waals surface area contributed by atoms with Gasteiger partial charge in [-0.2, -0.15) is 13.2 Å². The third kappa shape index (κ3) is 4.54. The number of benzene rings is 2. The van der Waals surface area contributed by atoms with Gasteiger partial charge in [0.1, 0.15) is 17.3 Å². The van der Waals surface area contributed by atoms with Crippen molar-refractivity contribution in [2.75, 3.05) is 6.61 Å². The fraction of sp³-hybridized carbons (Fsp3) is 0.227. The first kappa shape index (κ1) is 21.7. The molecule has 2 aromatic heterocycles. The molecule has 6 nitrogen and oxygen atoms in total. The summed E-state index contributed by atoms with van der Waals surface area (Å²) in [7, 11) is 0. The number of nitrogens with zero attached hydrogens (tertiary/aromatic N) is 3. The van der Waals surface area contributed by atoms with Crippen LogP contribution in [0.25, 0.3) is 22.1 Å². The summed E-state index contributed by atoms with van der Waals surface area (Å²) >= 11 is 0. The molecule has 1 atom stereocenters. The number of alkyl halides is 3. The Hall–Kier alpha value is -3.53.